The largest absolute Gasteiger partial charge is 0.336 e. The van der Waals surface area contributed by atoms with E-state index in [0.717, 1.165) is 52.8 Å². The zero-order valence-corrected chi connectivity index (χ0v) is 18.0. The molecule has 1 saturated heterocycles. The molecule has 142 valence electrons. The number of amides is 2. The molecule has 8 heteroatoms. The summed E-state index contributed by atoms with van der Waals surface area (Å²) in [5.41, 5.74) is 1.41. The SMILES string of the molecule is O=C1CCSc2ccc(C(=O)N3CCN(Cc4ccc(Br)s4)CC3)cc2N1. The first-order chi connectivity index (χ1) is 13.1. The van der Waals surface area contributed by atoms with E-state index in [4.69, 9.17) is 0 Å². The number of thiophene rings is 1. The predicted octanol–water partition coefficient (Wildman–Crippen LogP) is 3.90. The number of anilines is 1. The molecule has 0 radical (unpaired) electrons. The molecule has 0 bridgehead atoms. The summed E-state index contributed by atoms with van der Waals surface area (Å²) in [6, 6.07) is 9.87. The number of nitrogens with zero attached hydrogens (tertiary/aromatic N) is 2. The highest BCUT2D eigenvalue weighted by molar-refractivity contribution is 9.11. The van der Waals surface area contributed by atoms with Gasteiger partial charge in [0, 0.05) is 60.2 Å². The lowest BCUT2D eigenvalue weighted by atomic mass is 10.1. The second-order valence-corrected chi connectivity index (χ2v) is 10.3. The highest BCUT2D eigenvalue weighted by atomic mass is 79.9. The zero-order valence-electron chi connectivity index (χ0n) is 14.7. The van der Waals surface area contributed by atoms with Crippen molar-refractivity contribution in [2.24, 2.45) is 0 Å². The van der Waals surface area contributed by atoms with Gasteiger partial charge in [0.1, 0.15) is 0 Å². The number of fused-ring (bicyclic) bond motifs is 1. The van der Waals surface area contributed by atoms with Crippen molar-refractivity contribution in [3.8, 4) is 0 Å². The standard InChI is InChI=1S/C19H20BrN3O2S2/c20-17-4-2-14(27-17)12-22-6-8-23(9-7-22)19(25)13-1-3-16-15(11-13)21-18(24)5-10-26-16/h1-4,11H,5-10,12H2,(H,21,24). The number of piperazine rings is 1. The van der Waals surface area contributed by atoms with E-state index in [-0.39, 0.29) is 11.8 Å². The summed E-state index contributed by atoms with van der Waals surface area (Å²) < 4.78 is 1.15. The number of benzene rings is 1. The molecule has 2 aromatic rings. The topological polar surface area (TPSA) is 52.7 Å². The van der Waals surface area contributed by atoms with Gasteiger partial charge in [0.15, 0.2) is 0 Å². The molecule has 2 amide bonds. The molecular weight excluding hydrogens is 446 g/mol. The van der Waals surface area contributed by atoms with Gasteiger partial charge in [-0.2, -0.15) is 0 Å². The molecule has 2 aliphatic rings. The van der Waals surface area contributed by atoms with Gasteiger partial charge in [0.25, 0.3) is 5.91 Å². The molecule has 1 aromatic carbocycles. The van der Waals surface area contributed by atoms with Gasteiger partial charge in [-0.25, -0.2) is 0 Å². The van der Waals surface area contributed by atoms with Gasteiger partial charge >= 0.3 is 0 Å². The molecule has 0 atom stereocenters. The van der Waals surface area contributed by atoms with Crippen molar-refractivity contribution in [1.82, 2.24) is 9.80 Å². The smallest absolute Gasteiger partial charge is 0.254 e. The van der Waals surface area contributed by atoms with Crippen LogP contribution in [0.5, 0.6) is 0 Å². The Hall–Kier alpha value is -1.35. The zero-order chi connectivity index (χ0) is 18.8. The van der Waals surface area contributed by atoms with Crippen LogP contribution < -0.4 is 5.32 Å². The van der Waals surface area contributed by atoms with Crippen LogP contribution in [0.2, 0.25) is 0 Å². The fourth-order valence-electron chi connectivity index (χ4n) is 3.30. The molecule has 1 fully saturated rings. The average Bonchev–Trinajstić information content (AvgIpc) is 2.97. The second-order valence-electron chi connectivity index (χ2n) is 6.63. The van der Waals surface area contributed by atoms with E-state index in [9.17, 15) is 9.59 Å². The van der Waals surface area contributed by atoms with Gasteiger partial charge in [0.05, 0.1) is 9.47 Å². The number of nitrogens with one attached hydrogen (secondary N) is 1. The van der Waals surface area contributed by atoms with Crippen molar-refractivity contribution >= 4 is 56.5 Å². The van der Waals surface area contributed by atoms with Gasteiger partial charge in [-0.05, 0) is 46.3 Å². The Balaban J connectivity index is 1.38. The monoisotopic (exact) mass is 465 g/mol. The minimum absolute atomic E-state index is 0.0136. The first-order valence-corrected chi connectivity index (χ1v) is 11.5. The Labute approximate surface area is 175 Å². The van der Waals surface area contributed by atoms with Crippen LogP contribution in [0, 0.1) is 0 Å². The molecule has 27 heavy (non-hydrogen) atoms. The van der Waals surface area contributed by atoms with Crippen LogP contribution in [0.25, 0.3) is 0 Å². The third-order valence-corrected chi connectivity index (χ3v) is 7.44. The quantitative estimate of drug-likeness (QED) is 0.746. The van der Waals surface area contributed by atoms with Crippen LogP contribution in [0.3, 0.4) is 0 Å². The lowest BCUT2D eigenvalue weighted by Crippen LogP contribution is -2.48. The van der Waals surface area contributed by atoms with Crippen LogP contribution in [0.4, 0.5) is 5.69 Å². The molecule has 0 aliphatic carbocycles. The molecule has 2 aliphatic heterocycles. The van der Waals surface area contributed by atoms with Gasteiger partial charge in [-0.15, -0.1) is 23.1 Å². The number of carbonyl (C=O) groups excluding carboxylic acids is 2. The summed E-state index contributed by atoms with van der Waals surface area (Å²) >= 11 is 6.92. The number of hydrogen-bond acceptors (Lipinski definition) is 5. The summed E-state index contributed by atoms with van der Waals surface area (Å²) in [5, 5.41) is 2.92. The molecule has 3 heterocycles. The lowest BCUT2D eigenvalue weighted by molar-refractivity contribution is -0.115. The van der Waals surface area contributed by atoms with Crippen LogP contribution in [-0.2, 0) is 11.3 Å². The Morgan fingerprint density at radius 1 is 1.15 bits per heavy atom. The van der Waals surface area contributed by atoms with E-state index < -0.39 is 0 Å². The Bertz CT molecular complexity index is 862. The molecule has 0 spiro atoms. The van der Waals surface area contributed by atoms with Gasteiger partial charge < -0.3 is 10.2 Å². The van der Waals surface area contributed by atoms with Crippen molar-refractivity contribution < 1.29 is 9.59 Å². The molecule has 1 aromatic heterocycles. The van der Waals surface area contributed by atoms with E-state index >= 15 is 0 Å². The third-order valence-electron chi connectivity index (χ3n) is 4.76. The number of carbonyl (C=O) groups is 2. The van der Waals surface area contributed by atoms with Crippen LogP contribution in [-0.4, -0.2) is 53.5 Å². The minimum atomic E-state index is 0.0136. The summed E-state index contributed by atoms with van der Waals surface area (Å²) in [6.45, 7) is 4.13. The van der Waals surface area contributed by atoms with Crippen molar-refractivity contribution in [3.05, 3.63) is 44.6 Å². The maximum absolute atomic E-state index is 12.9. The van der Waals surface area contributed by atoms with E-state index in [2.05, 4.69) is 38.3 Å². The fraction of sp³-hybridized carbons (Fsp3) is 0.368. The number of thioether (sulfide) groups is 1. The Kier molecular flexibility index (Phi) is 5.87. The maximum Gasteiger partial charge on any atom is 0.254 e. The van der Waals surface area contributed by atoms with Crippen LogP contribution >= 0.6 is 39.0 Å². The van der Waals surface area contributed by atoms with Crippen molar-refractivity contribution in [1.29, 1.82) is 0 Å². The maximum atomic E-state index is 12.9. The molecule has 4 rings (SSSR count). The Morgan fingerprint density at radius 2 is 1.96 bits per heavy atom. The molecule has 0 saturated carbocycles. The minimum Gasteiger partial charge on any atom is -0.336 e. The van der Waals surface area contributed by atoms with Gasteiger partial charge in [-0.3, -0.25) is 14.5 Å². The highest BCUT2D eigenvalue weighted by Crippen LogP contribution is 2.32. The predicted molar refractivity (Wildman–Crippen MR) is 114 cm³/mol. The van der Waals surface area contributed by atoms with Crippen molar-refractivity contribution in [2.75, 3.05) is 37.2 Å². The lowest BCUT2D eigenvalue weighted by Gasteiger charge is -2.34. The molecule has 5 nitrogen and oxygen atoms in total. The molecule has 0 unspecified atom stereocenters. The van der Waals surface area contributed by atoms with Crippen molar-refractivity contribution in [2.45, 2.75) is 17.9 Å². The molecular formula is C19H20BrN3O2S2. The van der Waals surface area contributed by atoms with Crippen LogP contribution in [0.15, 0.2) is 39.0 Å². The number of rotatable bonds is 3. The summed E-state index contributed by atoms with van der Waals surface area (Å²) in [7, 11) is 0. The van der Waals surface area contributed by atoms with Crippen molar-refractivity contribution in [3.63, 3.8) is 0 Å². The second kappa shape index (κ2) is 8.34. The first kappa shape index (κ1) is 19.0. The first-order valence-electron chi connectivity index (χ1n) is 8.91. The fourth-order valence-corrected chi connectivity index (χ4v) is 5.76. The van der Waals surface area contributed by atoms with E-state index in [1.807, 2.05) is 23.1 Å². The van der Waals surface area contributed by atoms with Gasteiger partial charge in [0.2, 0.25) is 5.91 Å². The third kappa shape index (κ3) is 4.56. The van der Waals surface area contributed by atoms with E-state index in [1.54, 1.807) is 23.1 Å². The number of hydrogen-bond donors (Lipinski definition) is 1. The highest BCUT2D eigenvalue weighted by Gasteiger charge is 2.24. The van der Waals surface area contributed by atoms with E-state index in [0.29, 0.717) is 12.0 Å². The summed E-state index contributed by atoms with van der Waals surface area (Å²) in [6.07, 6.45) is 0.505. The summed E-state index contributed by atoms with van der Waals surface area (Å²) in [5.74, 6) is 0.828. The Morgan fingerprint density at radius 3 is 2.70 bits per heavy atom. The average molecular weight is 466 g/mol. The normalized spacial score (nSPS) is 18.0. The summed E-state index contributed by atoms with van der Waals surface area (Å²) in [4.78, 5) is 31.4. The van der Waals surface area contributed by atoms with Gasteiger partial charge in [-0.1, -0.05) is 0 Å². The molecule has 1 N–H and O–H groups in total. The number of halogens is 1. The van der Waals surface area contributed by atoms with E-state index in [1.165, 1.54) is 4.88 Å². The van der Waals surface area contributed by atoms with Crippen LogP contribution in [0.1, 0.15) is 21.7 Å².